The van der Waals surface area contributed by atoms with Crippen LogP contribution in [0.2, 0.25) is 0 Å². The average molecular weight is 388 g/mol. The Morgan fingerprint density at radius 1 is 1.19 bits per heavy atom. The number of hydrogen-bond acceptors (Lipinski definition) is 5. The quantitative estimate of drug-likeness (QED) is 0.821. The van der Waals surface area contributed by atoms with E-state index >= 15 is 0 Å². The molecule has 0 spiro atoms. The Bertz CT molecular complexity index is 881. The number of methoxy groups -OCH3 is 1. The number of aromatic nitrogens is 1. The predicted octanol–water partition coefficient (Wildman–Crippen LogP) is 2.36. The fourth-order valence-corrected chi connectivity index (χ4v) is 2.96. The number of sulfone groups is 1. The van der Waals surface area contributed by atoms with Crippen molar-refractivity contribution in [2.75, 3.05) is 13.7 Å². The summed E-state index contributed by atoms with van der Waals surface area (Å²) in [5, 5.41) is 1.09. The summed E-state index contributed by atoms with van der Waals surface area (Å²) in [5.41, 5.74) is -5.33. The molecule has 26 heavy (non-hydrogen) atoms. The number of nitrogens with one attached hydrogen (secondary N) is 1. The molecule has 0 atom stereocenters. The minimum absolute atomic E-state index is 0.103. The molecule has 0 unspecified atom stereocenters. The van der Waals surface area contributed by atoms with Crippen LogP contribution < -0.4 is 10.1 Å². The monoisotopic (exact) mass is 388 g/mol. The molecule has 0 bridgehead atoms. The van der Waals surface area contributed by atoms with Gasteiger partial charge in [-0.15, -0.1) is 0 Å². The van der Waals surface area contributed by atoms with Gasteiger partial charge in [0.05, 0.1) is 12.7 Å². The van der Waals surface area contributed by atoms with E-state index in [1.807, 2.05) is 0 Å². The number of amides is 1. The number of carbonyl (C=O) groups is 1. The van der Waals surface area contributed by atoms with E-state index < -0.39 is 31.8 Å². The maximum atomic E-state index is 12.7. The van der Waals surface area contributed by atoms with E-state index in [4.69, 9.17) is 4.74 Å². The van der Waals surface area contributed by atoms with Crippen molar-refractivity contribution in [3.63, 3.8) is 0 Å². The van der Waals surface area contributed by atoms with Gasteiger partial charge in [0.15, 0.2) is 5.03 Å². The van der Waals surface area contributed by atoms with E-state index in [2.05, 4.69) is 10.3 Å². The molecule has 10 heteroatoms. The summed E-state index contributed by atoms with van der Waals surface area (Å²) in [5.74, 6) is -0.287. The number of carbonyl (C=O) groups excluding carboxylic acids is 1. The zero-order valence-electron chi connectivity index (χ0n) is 13.6. The summed E-state index contributed by atoms with van der Waals surface area (Å²) in [6, 6.07) is 9.17. The standard InChI is InChI=1S/C16H15F3N2O4S/c1-25-12-6-4-11(5-7-12)8-10-20-14(22)13-3-2-9-21-15(13)26(23,24)16(17,18)19/h2-7,9H,8,10H2,1H3,(H,20,22). The fraction of sp³-hybridized carbons (Fsp3) is 0.250. The van der Waals surface area contributed by atoms with Gasteiger partial charge in [-0.2, -0.15) is 13.2 Å². The van der Waals surface area contributed by atoms with Crippen LogP contribution in [0.5, 0.6) is 5.75 Å². The third kappa shape index (κ3) is 4.31. The van der Waals surface area contributed by atoms with Gasteiger partial charge < -0.3 is 10.1 Å². The maximum Gasteiger partial charge on any atom is 0.503 e. The Kier molecular flexibility index (Phi) is 5.86. The van der Waals surface area contributed by atoms with Crippen LogP contribution in [0, 0.1) is 0 Å². The SMILES string of the molecule is COc1ccc(CCNC(=O)c2cccnc2S(=O)(=O)C(F)(F)F)cc1. The Balaban J connectivity index is 2.10. The van der Waals surface area contributed by atoms with Gasteiger partial charge >= 0.3 is 5.51 Å². The first kappa shape index (κ1) is 19.7. The Labute approximate surface area is 147 Å². The lowest BCUT2D eigenvalue weighted by Gasteiger charge is -2.11. The molecule has 1 heterocycles. The molecular formula is C16H15F3N2O4S. The van der Waals surface area contributed by atoms with E-state index in [1.54, 1.807) is 24.3 Å². The summed E-state index contributed by atoms with van der Waals surface area (Å²) < 4.78 is 66.3. The number of hydrogen-bond donors (Lipinski definition) is 1. The predicted molar refractivity (Wildman–Crippen MR) is 86.5 cm³/mol. The van der Waals surface area contributed by atoms with Crippen molar-refractivity contribution in [3.8, 4) is 5.75 Å². The molecule has 0 radical (unpaired) electrons. The van der Waals surface area contributed by atoms with E-state index in [1.165, 1.54) is 13.2 Å². The lowest BCUT2D eigenvalue weighted by molar-refractivity contribution is -0.0438. The molecule has 0 aliphatic heterocycles. The van der Waals surface area contributed by atoms with Crippen LogP contribution in [0.1, 0.15) is 15.9 Å². The number of benzene rings is 1. The van der Waals surface area contributed by atoms with Crippen LogP contribution in [0.25, 0.3) is 0 Å². The van der Waals surface area contributed by atoms with Gasteiger partial charge in [-0.25, -0.2) is 13.4 Å². The molecule has 1 aromatic carbocycles. The topological polar surface area (TPSA) is 85.4 Å². The second kappa shape index (κ2) is 7.73. The van der Waals surface area contributed by atoms with E-state index in [-0.39, 0.29) is 6.54 Å². The Morgan fingerprint density at radius 2 is 1.85 bits per heavy atom. The number of nitrogens with zero attached hydrogens (tertiary/aromatic N) is 1. The smallest absolute Gasteiger partial charge is 0.497 e. The van der Waals surface area contributed by atoms with Crippen LogP contribution in [0.15, 0.2) is 47.6 Å². The minimum atomic E-state index is -5.72. The summed E-state index contributed by atoms with van der Waals surface area (Å²) in [6.45, 7) is 0.103. The second-order valence-electron chi connectivity index (χ2n) is 5.16. The molecule has 1 N–H and O–H groups in total. The van der Waals surface area contributed by atoms with Gasteiger partial charge in [-0.1, -0.05) is 12.1 Å². The molecular weight excluding hydrogens is 373 g/mol. The molecule has 0 fully saturated rings. The first-order valence-electron chi connectivity index (χ1n) is 7.34. The highest BCUT2D eigenvalue weighted by atomic mass is 32.2. The number of rotatable bonds is 6. The third-order valence-corrected chi connectivity index (χ3v) is 4.88. The Morgan fingerprint density at radius 3 is 2.42 bits per heavy atom. The molecule has 0 saturated heterocycles. The van der Waals surface area contributed by atoms with Gasteiger partial charge in [0.2, 0.25) is 0 Å². The number of pyridine rings is 1. The van der Waals surface area contributed by atoms with Gasteiger partial charge in [0, 0.05) is 12.7 Å². The summed E-state index contributed by atoms with van der Waals surface area (Å²) in [7, 11) is -4.20. The summed E-state index contributed by atoms with van der Waals surface area (Å²) in [6.07, 6.45) is 1.28. The van der Waals surface area contributed by atoms with Crippen molar-refractivity contribution in [2.24, 2.45) is 0 Å². The zero-order valence-corrected chi connectivity index (χ0v) is 14.4. The minimum Gasteiger partial charge on any atom is -0.497 e. The summed E-state index contributed by atoms with van der Waals surface area (Å²) in [4.78, 5) is 15.4. The number of halogens is 3. The van der Waals surface area contributed by atoms with Gasteiger partial charge in [-0.3, -0.25) is 4.79 Å². The highest BCUT2D eigenvalue weighted by molar-refractivity contribution is 7.92. The maximum absolute atomic E-state index is 12.7. The highest BCUT2D eigenvalue weighted by Crippen LogP contribution is 2.30. The van der Waals surface area contributed by atoms with E-state index in [9.17, 15) is 26.4 Å². The van der Waals surface area contributed by atoms with Crippen molar-refractivity contribution in [1.82, 2.24) is 10.3 Å². The molecule has 1 amide bonds. The van der Waals surface area contributed by atoms with Crippen LogP contribution in [-0.2, 0) is 16.3 Å². The average Bonchev–Trinajstić information content (AvgIpc) is 2.61. The Hall–Kier alpha value is -2.62. The lowest BCUT2D eigenvalue weighted by atomic mass is 10.1. The molecule has 0 aliphatic rings. The molecule has 2 aromatic rings. The first-order valence-corrected chi connectivity index (χ1v) is 8.82. The number of ether oxygens (including phenoxy) is 1. The number of alkyl halides is 3. The van der Waals surface area contributed by atoms with Gasteiger partial charge in [0.1, 0.15) is 5.75 Å². The second-order valence-corrected chi connectivity index (χ2v) is 7.02. The highest BCUT2D eigenvalue weighted by Gasteiger charge is 2.49. The van der Waals surface area contributed by atoms with Crippen molar-refractivity contribution in [1.29, 1.82) is 0 Å². The van der Waals surface area contributed by atoms with Gasteiger partial charge in [-0.05, 0) is 36.2 Å². The zero-order chi connectivity index (χ0) is 19.4. The van der Waals surface area contributed by atoms with Crippen molar-refractivity contribution in [2.45, 2.75) is 17.0 Å². The van der Waals surface area contributed by atoms with Crippen LogP contribution in [0.4, 0.5) is 13.2 Å². The molecule has 6 nitrogen and oxygen atoms in total. The third-order valence-electron chi connectivity index (χ3n) is 3.43. The molecule has 2 rings (SSSR count). The first-order chi connectivity index (χ1) is 12.2. The molecule has 140 valence electrons. The van der Waals surface area contributed by atoms with Crippen molar-refractivity contribution < 1.29 is 31.1 Å². The summed E-state index contributed by atoms with van der Waals surface area (Å²) >= 11 is 0. The molecule has 1 aromatic heterocycles. The normalized spacial score (nSPS) is 11.8. The lowest BCUT2D eigenvalue weighted by Crippen LogP contribution is -2.31. The largest absolute Gasteiger partial charge is 0.503 e. The van der Waals surface area contributed by atoms with Gasteiger partial charge in [0.25, 0.3) is 15.7 Å². The van der Waals surface area contributed by atoms with E-state index in [0.717, 1.165) is 17.8 Å². The van der Waals surface area contributed by atoms with Crippen LogP contribution in [0.3, 0.4) is 0 Å². The molecule has 0 saturated carbocycles. The van der Waals surface area contributed by atoms with Crippen LogP contribution in [-0.4, -0.2) is 38.5 Å². The van der Waals surface area contributed by atoms with Crippen molar-refractivity contribution in [3.05, 3.63) is 53.7 Å². The molecule has 0 aliphatic carbocycles. The van der Waals surface area contributed by atoms with E-state index in [0.29, 0.717) is 12.2 Å². The fourth-order valence-electron chi connectivity index (χ4n) is 2.10. The van der Waals surface area contributed by atoms with Crippen molar-refractivity contribution >= 4 is 15.7 Å². The van der Waals surface area contributed by atoms with Crippen LogP contribution >= 0.6 is 0 Å².